The largest absolute Gasteiger partial charge is 0.321 e. The van der Waals surface area contributed by atoms with Crippen LogP contribution < -0.4 is 16.0 Å². The van der Waals surface area contributed by atoms with Crippen LogP contribution in [-0.2, 0) is 9.59 Å². The van der Waals surface area contributed by atoms with E-state index in [4.69, 9.17) is 0 Å². The molecule has 7 nitrogen and oxygen atoms in total. The second-order valence-corrected chi connectivity index (χ2v) is 12.6. The van der Waals surface area contributed by atoms with E-state index in [2.05, 4.69) is 36.9 Å². The van der Waals surface area contributed by atoms with E-state index >= 15 is 0 Å². The third-order valence-electron chi connectivity index (χ3n) is 6.24. The standard InChI is InChI=1S/C34H27BrN4O3S2/c1-22-21-43-34(36-22)39-33(42)30(24-10-4-2-5-11-24)44-28-17-15-27(16-18-28)37-32(41)29(20-23-9-8-14-26(35)19-23)38-31(40)25-12-6-3-7-13-25/h2-21,30H,1H3,(H,37,41)(H,38,40)(H,36,39,42)/b29-20-. The highest BCUT2D eigenvalue weighted by Gasteiger charge is 2.23. The first kappa shape index (κ1) is 30.9. The van der Waals surface area contributed by atoms with E-state index in [1.807, 2.05) is 85.1 Å². The van der Waals surface area contributed by atoms with Crippen LogP contribution in [0.5, 0.6) is 0 Å². The summed E-state index contributed by atoms with van der Waals surface area (Å²) in [6.07, 6.45) is 1.62. The van der Waals surface area contributed by atoms with Crippen molar-refractivity contribution < 1.29 is 14.4 Å². The van der Waals surface area contributed by atoms with Gasteiger partial charge in [0.25, 0.3) is 11.8 Å². The predicted molar refractivity (Wildman–Crippen MR) is 182 cm³/mol. The predicted octanol–water partition coefficient (Wildman–Crippen LogP) is 8.10. The number of hydrogen-bond acceptors (Lipinski definition) is 6. The fourth-order valence-corrected chi connectivity index (χ4v) is 6.27. The molecule has 0 fully saturated rings. The molecule has 10 heteroatoms. The number of thiazole rings is 1. The van der Waals surface area contributed by atoms with Gasteiger partial charge in [0.05, 0.1) is 5.69 Å². The average Bonchev–Trinajstić information content (AvgIpc) is 3.45. The van der Waals surface area contributed by atoms with Crippen molar-refractivity contribution >= 4 is 73.6 Å². The van der Waals surface area contributed by atoms with Crippen molar-refractivity contribution in [3.05, 3.63) is 147 Å². The first-order chi connectivity index (χ1) is 21.3. The van der Waals surface area contributed by atoms with E-state index in [1.165, 1.54) is 23.1 Å². The second kappa shape index (κ2) is 14.8. The summed E-state index contributed by atoms with van der Waals surface area (Å²) in [6.45, 7) is 1.88. The zero-order chi connectivity index (χ0) is 30.9. The molecule has 1 unspecified atom stereocenters. The Hall–Kier alpha value is -4.51. The van der Waals surface area contributed by atoms with Crippen LogP contribution in [0.2, 0.25) is 0 Å². The Balaban J connectivity index is 1.32. The van der Waals surface area contributed by atoms with Crippen molar-refractivity contribution in [1.82, 2.24) is 10.3 Å². The number of anilines is 2. The number of benzene rings is 4. The number of aryl methyl sites for hydroxylation is 1. The molecule has 0 spiro atoms. The fourth-order valence-electron chi connectivity index (χ4n) is 4.14. The van der Waals surface area contributed by atoms with Crippen molar-refractivity contribution in [2.75, 3.05) is 10.6 Å². The van der Waals surface area contributed by atoms with Gasteiger partial charge in [-0.3, -0.25) is 14.4 Å². The molecule has 0 aliphatic carbocycles. The van der Waals surface area contributed by atoms with Crippen molar-refractivity contribution in [2.45, 2.75) is 17.1 Å². The van der Waals surface area contributed by atoms with Crippen molar-refractivity contribution in [3.63, 3.8) is 0 Å². The number of aromatic nitrogens is 1. The molecule has 0 radical (unpaired) electrons. The number of nitrogens with zero attached hydrogens (tertiary/aromatic N) is 1. The van der Waals surface area contributed by atoms with E-state index in [0.717, 1.165) is 26.2 Å². The van der Waals surface area contributed by atoms with Gasteiger partial charge in [-0.1, -0.05) is 76.6 Å². The van der Waals surface area contributed by atoms with Gasteiger partial charge >= 0.3 is 0 Å². The Morgan fingerprint density at radius 3 is 2.23 bits per heavy atom. The number of rotatable bonds is 10. The Kier molecular flexibility index (Phi) is 10.4. The van der Waals surface area contributed by atoms with Crippen LogP contribution >= 0.6 is 39.0 Å². The van der Waals surface area contributed by atoms with Gasteiger partial charge in [-0.05, 0) is 72.7 Å². The maximum atomic E-state index is 13.4. The Labute approximate surface area is 272 Å². The molecule has 0 saturated carbocycles. The summed E-state index contributed by atoms with van der Waals surface area (Å²) < 4.78 is 0.845. The third-order valence-corrected chi connectivity index (χ3v) is 8.88. The van der Waals surface area contributed by atoms with Gasteiger partial charge in [0, 0.05) is 26.0 Å². The molecule has 220 valence electrons. The van der Waals surface area contributed by atoms with Crippen molar-refractivity contribution in [3.8, 4) is 0 Å². The minimum atomic E-state index is -0.520. The van der Waals surface area contributed by atoms with Crippen molar-refractivity contribution in [2.24, 2.45) is 0 Å². The number of thioether (sulfide) groups is 1. The SMILES string of the molecule is Cc1csc(NC(=O)C(Sc2ccc(NC(=O)/C(=C/c3cccc(Br)c3)NC(=O)c3ccccc3)cc2)c2ccccc2)n1. The van der Waals surface area contributed by atoms with E-state index in [0.29, 0.717) is 16.4 Å². The normalized spacial score (nSPS) is 11.8. The highest BCUT2D eigenvalue weighted by molar-refractivity contribution is 9.10. The first-order valence-corrected chi connectivity index (χ1v) is 16.1. The summed E-state index contributed by atoms with van der Waals surface area (Å²) in [7, 11) is 0. The lowest BCUT2D eigenvalue weighted by molar-refractivity contribution is -0.116. The lowest BCUT2D eigenvalue weighted by Crippen LogP contribution is -2.30. The first-order valence-electron chi connectivity index (χ1n) is 13.5. The van der Waals surface area contributed by atoms with Crippen LogP contribution in [0, 0.1) is 6.92 Å². The molecule has 1 heterocycles. The number of halogens is 1. The average molecular weight is 684 g/mol. The lowest BCUT2D eigenvalue weighted by atomic mass is 10.1. The zero-order valence-electron chi connectivity index (χ0n) is 23.5. The fraction of sp³-hybridized carbons (Fsp3) is 0.0588. The van der Waals surface area contributed by atoms with Crippen LogP contribution in [0.4, 0.5) is 10.8 Å². The number of hydrogen-bond donors (Lipinski definition) is 3. The lowest BCUT2D eigenvalue weighted by Gasteiger charge is -2.17. The summed E-state index contributed by atoms with van der Waals surface area (Å²) >= 11 is 6.23. The molecule has 0 saturated heterocycles. The van der Waals surface area contributed by atoms with Gasteiger partial charge < -0.3 is 16.0 Å². The maximum Gasteiger partial charge on any atom is 0.272 e. The van der Waals surface area contributed by atoms with Crippen LogP contribution in [0.15, 0.2) is 130 Å². The highest BCUT2D eigenvalue weighted by Crippen LogP contribution is 2.37. The molecule has 3 amide bonds. The summed E-state index contributed by atoms with van der Waals surface area (Å²) in [5, 5.41) is 10.5. The molecule has 4 aromatic carbocycles. The smallest absolute Gasteiger partial charge is 0.272 e. The summed E-state index contributed by atoms with van der Waals surface area (Å²) in [5.74, 6) is -1.05. The molecule has 0 aliphatic rings. The van der Waals surface area contributed by atoms with E-state index in [1.54, 1.807) is 42.5 Å². The van der Waals surface area contributed by atoms with Crippen LogP contribution in [0.1, 0.15) is 32.4 Å². The highest BCUT2D eigenvalue weighted by atomic mass is 79.9. The summed E-state index contributed by atoms with van der Waals surface area (Å²) in [4.78, 5) is 44.8. The monoisotopic (exact) mass is 682 g/mol. The van der Waals surface area contributed by atoms with Crippen LogP contribution in [-0.4, -0.2) is 22.7 Å². The number of carbonyl (C=O) groups is 3. The van der Waals surface area contributed by atoms with Gasteiger partial charge in [-0.25, -0.2) is 4.98 Å². The molecule has 5 aromatic rings. The molecular formula is C34H27BrN4O3S2. The van der Waals surface area contributed by atoms with E-state index < -0.39 is 17.1 Å². The molecule has 0 bridgehead atoms. The Bertz CT molecular complexity index is 1790. The van der Waals surface area contributed by atoms with E-state index in [9.17, 15) is 14.4 Å². The minimum absolute atomic E-state index is 0.0913. The quantitative estimate of drug-likeness (QED) is 0.102. The van der Waals surface area contributed by atoms with Gasteiger partial charge in [0.2, 0.25) is 5.91 Å². The Morgan fingerprint density at radius 2 is 1.57 bits per heavy atom. The van der Waals surface area contributed by atoms with E-state index in [-0.39, 0.29) is 11.6 Å². The van der Waals surface area contributed by atoms with Gasteiger partial charge in [-0.15, -0.1) is 23.1 Å². The van der Waals surface area contributed by atoms with Crippen LogP contribution in [0.25, 0.3) is 6.08 Å². The Morgan fingerprint density at radius 1 is 0.864 bits per heavy atom. The molecule has 3 N–H and O–H groups in total. The number of nitrogens with one attached hydrogen (secondary N) is 3. The molecule has 1 atom stereocenters. The van der Waals surface area contributed by atoms with Gasteiger partial charge in [0.15, 0.2) is 5.13 Å². The molecule has 1 aromatic heterocycles. The number of carbonyl (C=O) groups excluding carboxylic acids is 3. The summed E-state index contributed by atoms with van der Waals surface area (Å²) in [5.41, 5.74) is 3.51. The molecule has 0 aliphatic heterocycles. The maximum absolute atomic E-state index is 13.4. The number of amides is 3. The minimum Gasteiger partial charge on any atom is -0.321 e. The molecule has 44 heavy (non-hydrogen) atoms. The van der Waals surface area contributed by atoms with Crippen LogP contribution in [0.3, 0.4) is 0 Å². The topological polar surface area (TPSA) is 100 Å². The second-order valence-electron chi connectivity index (χ2n) is 9.60. The zero-order valence-corrected chi connectivity index (χ0v) is 26.7. The van der Waals surface area contributed by atoms with Gasteiger partial charge in [-0.2, -0.15) is 0 Å². The van der Waals surface area contributed by atoms with Gasteiger partial charge in [0.1, 0.15) is 10.9 Å². The molecular weight excluding hydrogens is 656 g/mol. The molecule has 5 rings (SSSR count). The third kappa shape index (κ3) is 8.53. The summed E-state index contributed by atoms with van der Waals surface area (Å²) in [6, 6.07) is 32.9. The van der Waals surface area contributed by atoms with Crippen molar-refractivity contribution in [1.29, 1.82) is 0 Å².